The van der Waals surface area contributed by atoms with E-state index in [4.69, 9.17) is 23.2 Å². The van der Waals surface area contributed by atoms with Gasteiger partial charge in [-0.1, -0.05) is 80.6 Å². The number of aromatic nitrogens is 3. The van der Waals surface area contributed by atoms with E-state index in [0.717, 1.165) is 45.0 Å². The highest BCUT2D eigenvalue weighted by molar-refractivity contribution is 6.35. The lowest BCUT2D eigenvalue weighted by molar-refractivity contribution is 0.385. The molecule has 1 fully saturated rings. The smallest absolute Gasteiger partial charge is 0.138 e. The molecule has 0 amide bonds. The number of H-pyrrole nitrogens is 1. The molecule has 35 heavy (non-hydrogen) atoms. The van der Waals surface area contributed by atoms with E-state index < -0.39 is 0 Å². The van der Waals surface area contributed by atoms with Gasteiger partial charge in [-0.25, -0.2) is 4.98 Å². The van der Waals surface area contributed by atoms with Crippen molar-refractivity contribution in [3.63, 3.8) is 0 Å². The van der Waals surface area contributed by atoms with Crippen molar-refractivity contribution in [3.8, 4) is 0 Å². The molecule has 3 heterocycles. The van der Waals surface area contributed by atoms with Crippen LogP contribution in [0.15, 0.2) is 48.9 Å². The largest absolute Gasteiger partial charge is 0.381 e. The van der Waals surface area contributed by atoms with Gasteiger partial charge in [0.15, 0.2) is 0 Å². The number of nitrogens with zero attached hydrogens (tertiary/aromatic N) is 2. The van der Waals surface area contributed by atoms with Gasteiger partial charge in [0, 0.05) is 29.2 Å². The fraction of sp³-hybridized carbons (Fsp3) is 0.448. The molecule has 1 aromatic carbocycles. The van der Waals surface area contributed by atoms with Crippen LogP contribution < -0.4 is 5.32 Å². The van der Waals surface area contributed by atoms with Crippen molar-refractivity contribution in [3.05, 3.63) is 64.5 Å². The molecule has 3 aromatic heterocycles. The molecular weight excluding hydrogens is 475 g/mol. The van der Waals surface area contributed by atoms with E-state index in [0.29, 0.717) is 11.1 Å². The summed E-state index contributed by atoms with van der Waals surface area (Å²) in [6, 6.07) is 11.3. The van der Waals surface area contributed by atoms with Crippen LogP contribution in [0.3, 0.4) is 0 Å². The van der Waals surface area contributed by atoms with Crippen LogP contribution >= 0.6 is 23.2 Å². The van der Waals surface area contributed by atoms with Crippen molar-refractivity contribution in [2.45, 2.75) is 76.7 Å². The Morgan fingerprint density at radius 3 is 2.57 bits per heavy atom. The Morgan fingerprint density at radius 1 is 0.857 bits per heavy atom. The van der Waals surface area contributed by atoms with E-state index in [-0.39, 0.29) is 0 Å². The Hall–Kier alpha value is -2.30. The average Bonchev–Trinajstić information content (AvgIpc) is 3.21. The first-order chi connectivity index (χ1) is 17.1. The summed E-state index contributed by atoms with van der Waals surface area (Å²) in [4.78, 5) is 12.1. The first-order valence-electron chi connectivity index (χ1n) is 13.1. The molecule has 0 radical (unpaired) electrons. The van der Waals surface area contributed by atoms with E-state index in [2.05, 4.69) is 44.5 Å². The molecule has 0 bridgehead atoms. The number of hydrogen-bond acceptors (Lipinski definition) is 3. The Morgan fingerprint density at radius 2 is 1.66 bits per heavy atom. The second kappa shape index (κ2) is 11.6. The molecule has 6 heteroatoms. The minimum absolute atomic E-state index is 0.473. The SMILES string of the molecule is Clc1cnc2ccc(CC3CCCCCCCC(Nc4cnc5[nH]cc(Cl)c5c4)CCC3)cc2c1. The Kier molecular flexibility index (Phi) is 8.10. The summed E-state index contributed by atoms with van der Waals surface area (Å²) in [6.07, 6.45) is 19.4. The molecule has 4 aromatic rings. The lowest BCUT2D eigenvalue weighted by atomic mass is 9.87. The number of nitrogens with one attached hydrogen (secondary N) is 2. The number of anilines is 1. The molecular formula is C29H34Cl2N4. The molecule has 1 aliphatic rings. The molecule has 1 aliphatic carbocycles. The van der Waals surface area contributed by atoms with Crippen LogP contribution in [-0.2, 0) is 6.42 Å². The Balaban J connectivity index is 1.24. The van der Waals surface area contributed by atoms with Crippen LogP contribution in [0.5, 0.6) is 0 Å². The second-order valence-corrected chi connectivity index (χ2v) is 11.0. The summed E-state index contributed by atoms with van der Waals surface area (Å²) in [5, 5.41) is 7.33. The Labute approximate surface area is 217 Å². The van der Waals surface area contributed by atoms with E-state index in [1.165, 1.54) is 69.8 Å². The van der Waals surface area contributed by atoms with E-state index in [9.17, 15) is 0 Å². The molecule has 2 N–H and O–H groups in total. The third kappa shape index (κ3) is 6.48. The van der Waals surface area contributed by atoms with Crippen molar-refractivity contribution in [1.82, 2.24) is 15.0 Å². The fourth-order valence-corrected chi connectivity index (χ4v) is 5.91. The molecule has 0 spiro atoms. The van der Waals surface area contributed by atoms with Gasteiger partial charge in [-0.05, 0) is 55.0 Å². The number of aromatic amines is 1. The highest BCUT2D eigenvalue weighted by Gasteiger charge is 2.15. The van der Waals surface area contributed by atoms with Gasteiger partial charge in [-0.15, -0.1) is 0 Å². The van der Waals surface area contributed by atoms with Gasteiger partial charge < -0.3 is 10.3 Å². The number of benzene rings is 1. The van der Waals surface area contributed by atoms with Crippen LogP contribution in [0, 0.1) is 5.92 Å². The molecule has 4 nitrogen and oxygen atoms in total. The van der Waals surface area contributed by atoms with Gasteiger partial charge in [-0.3, -0.25) is 4.98 Å². The van der Waals surface area contributed by atoms with E-state index >= 15 is 0 Å². The summed E-state index contributed by atoms with van der Waals surface area (Å²) in [5.41, 5.74) is 4.32. The van der Waals surface area contributed by atoms with Crippen LogP contribution in [0.2, 0.25) is 10.0 Å². The second-order valence-electron chi connectivity index (χ2n) is 10.1. The molecule has 2 unspecified atom stereocenters. The topological polar surface area (TPSA) is 53.6 Å². The van der Waals surface area contributed by atoms with Crippen LogP contribution in [0.4, 0.5) is 5.69 Å². The first kappa shape index (κ1) is 24.4. The standard InChI is InChI=1S/C29H34Cl2N4/c30-23-15-22-14-21(11-12-28(22)32-17-23)13-20-7-4-2-1-3-5-9-24(10-6-8-20)35-25-16-26-27(31)19-34-29(26)33-18-25/h11-12,14-20,24,35H,1-10,13H2,(H,33,34). The summed E-state index contributed by atoms with van der Waals surface area (Å²) >= 11 is 12.5. The van der Waals surface area contributed by atoms with Crippen LogP contribution in [0.1, 0.15) is 69.8 Å². The lowest BCUT2D eigenvalue weighted by Crippen LogP contribution is -2.20. The van der Waals surface area contributed by atoms with Crippen molar-refractivity contribution >= 4 is 50.8 Å². The number of fused-ring (bicyclic) bond motifs is 2. The Bertz CT molecular complexity index is 1270. The van der Waals surface area contributed by atoms with Gasteiger partial charge >= 0.3 is 0 Å². The number of halogens is 2. The minimum Gasteiger partial charge on any atom is -0.381 e. The molecule has 2 atom stereocenters. The van der Waals surface area contributed by atoms with Gasteiger partial charge in [-0.2, -0.15) is 0 Å². The quantitative estimate of drug-likeness (QED) is 0.289. The van der Waals surface area contributed by atoms with Crippen LogP contribution in [0.25, 0.3) is 21.9 Å². The van der Waals surface area contributed by atoms with Crippen molar-refractivity contribution < 1.29 is 0 Å². The lowest BCUT2D eigenvalue weighted by Gasteiger charge is -2.23. The van der Waals surface area contributed by atoms with Crippen molar-refractivity contribution in [2.75, 3.05) is 5.32 Å². The van der Waals surface area contributed by atoms with Gasteiger partial charge in [0.2, 0.25) is 0 Å². The summed E-state index contributed by atoms with van der Waals surface area (Å²) in [6.45, 7) is 0. The third-order valence-corrected chi connectivity index (χ3v) is 7.94. The van der Waals surface area contributed by atoms with E-state index in [1.807, 2.05) is 12.3 Å². The maximum Gasteiger partial charge on any atom is 0.138 e. The maximum absolute atomic E-state index is 6.32. The van der Waals surface area contributed by atoms with Gasteiger partial charge in [0.05, 0.1) is 27.4 Å². The van der Waals surface area contributed by atoms with Gasteiger partial charge in [0.25, 0.3) is 0 Å². The minimum atomic E-state index is 0.473. The zero-order chi connectivity index (χ0) is 24.0. The highest BCUT2D eigenvalue weighted by Crippen LogP contribution is 2.28. The van der Waals surface area contributed by atoms with Gasteiger partial charge in [0.1, 0.15) is 5.65 Å². The molecule has 0 saturated heterocycles. The third-order valence-electron chi connectivity index (χ3n) is 7.42. The predicted octanol–water partition coefficient (Wildman–Crippen LogP) is 8.97. The summed E-state index contributed by atoms with van der Waals surface area (Å²) in [7, 11) is 0. The van der Waals surface area contributed by atoms with E-state index in [1.54, 1.807) is 12.4 Å². The predicted molar refractivity (Wildman–Crippen MR) is 149 cm³/mol. The molecule has 184 valence electrons. The zero-order valence-electron chi connectivity index (χ0n) is 20.2. The zero-order valence-corrected chi connectivity index (χ0v) is 21.7. The molecule has 5 rings (SSSR count). The maximum atomic E-state index is 6.32. The van der Waals surface area contributed by atoms with Crippen molar-refractivity contribution in [1.29, 1.82) is 0 Å². The number of pyridine rings is 2. The fourth-order valence-electron chi connectivity index (χ4n) is 5.54. The number of rotatable bonds is 4. The molecule has 1 saturated carbocycles. The summed E-state index contributed by atoms with van der Waals surface area (Å²) < 4.78 is 0. The summed E-state index contributed by atoms with van der Waals surface area (Å²) in [5.74, 6) is 0.719. The van der Waals surface area contributed by atoms with Crippen LogP contribution in [-0.4, -0.2) is 21.0 Å². The first-order valence-corrected chi connectivity index (χ1v) is 13.8. The number of hydrogen-bond donors (Lipinski definition) is 2. The van der Waals surface area contributed by atoms with Crippen molar-refractivity contribution in [2.24, 2.45) is 5.92 Å². The highest BCUT2D eigenvalue weighted by atomic mass is 35.5. The normalized spacial score (nSPS) is 20.4. The average molecular weight is 510 g/mol. The monoisotopic (exact) mass is 508 g/mol. The molecule has 0 aliphatic heterocycles.